The fourth-order valence-electron chi connectivity index (χ4n) is 0.312. The van der Waals surface area contributed by atoms with Crippen LogP contribution in [-0.4, -0.2) is 27.8 Å². The second-order valence-electron chi connectivity index (χ2n) is 1.55. The first kappa shape index (κ1) is 9.78. The molecule has 0 bridgehead atoms. The third-order valence-electron chi connectivity index (χ3n) is 0.676. The van der Waals surface area contributed by atoms with Crippen LogP contribution in [0.25, 0.3) is 0 Å². The molecule has 0 heterocycles. The summed E-state index contributed by atoms with van der Waals surface area (Å²) in [6, 6.07) is 0. The van der Waals surface area contributed by atoms with Crippen molar-refractivity contribution in [1.82, 2.24) is 0 Å². The highest BCUT2D eigenvalue weighted by Gasteiger charge is 1.98. The summed E-state index contributed by atoms with van der Waals surface area (Å²) in [5, 5.41) is 7.71. The maximum absolute atomic E-state index is 10.1. The van der Waals surface area contributed by atoms with E-state index in [1.807, 2.05) is 0 Å². The molecule has 0 fully saturated rings. The highest BCUT2D eigenvalue weighted by molar-refractivity contribution is 8.00. The average Bonchev–Trinajstić information content (AvgIpc) is 1.79. The Labute approximate surface area is 67.7 Å². The lowest BCUT2D eigenvalue weighted by Gasteiger charge is -1.92. The molecule has 0 aromatic carbocycles. The van der Waals surface area contributed by atoms with Gasteiger partial charge in [-0.1, -0.05) is 0 Å². The third-order valence-corrected chi connectivity index (χ3v) is 1.93. The average molecular weight is 183 g/mol. The molecule has 0 aromatic heterocycles. The van der Waals surface area contributed by atoms with E-state index in [1.54, 1.807) is 0 Å². The Hall–Kier alpha value is -0.220. The van der Waals surface area contributed by atoms with E-state index in [4.69, 9.17) is 16.7 Å². The Morgan fingerprint density at radius 3 is 2.50 bits per heavy atom. The minimum absolute atomic E-state index is 0.0782. The molecule has 0 aliphatic rings. The molecule has 0 amide bonds. The van der Waals surface area contributed by atoms with E-state index < -0.39 is 11.2 Å². The summed E-state index contributed by atoms with van der Waals surface area (Å²) >= 11 is 6.21. The first-order chi connectivity index (χ1) is 4.63. The Morgan fingerprint density at radius 2 is 2.10 bits per heavy atom. The molecular formula is C5H7ClO3S. The quantitative estimate of drug-likeness (QED) is 0.508. The predicted molar refractivity (Wildman–Crippen MR) is 40.4 cm³/mol. The Bertz CT molecular complexity index is 121. The van der Waals surface area contributed by atoms with Crippen molar-refractivity contribution in [3.8, 4) is 0 Å². The van der Waals surface area contributed by atoms with Crippen molar-refractivity contribution >= 4 is 34.6 Å². The van der Waals surface area contributed by atoms with E-state index in [1.165, 1.54) is 11.8 Å². The zero-order chi connectivity index (χ0) is 7.98. The number of halogens is 1. The van der Waals surface area contributed by atoms with Gasteiger partial charge in [0.05, 0.1) is 12.2 Å². The molecule has 0 saturated carbocycles. The molecule has 0 rings (SSSR count). The fraction of sp³-hybridized carbons (Fsp3) is 0.600. The number of thioether (sulfide) groups is 1. The van der Waals surface area contributed by atoms with Crippen LogP contribution in [0, 0.1) is 0 Å². The molecule has 3 nitrogen and oxygen atoms in total. The molecule has 0 saturated heterocycles. The molecule has 0 spiro atoms. The van der Waals surface area contributed by atoms with Gasteiger partial charge in [0, 0.05) is 5.75 Å². The van der Waals surface area contributed by atoms with Gasteiger partial charge in [-0.3, -0.25) is 9.59 Å². The monoisotopic (exact) mass is 182 g/mol. The summed E-state index contributed by atoms with van der Waals surface area (Å²) in [6.07, 6.45) is 0.0782. The maximum Gasteiger partial charge on any atom is 0.304 e. The topological polar surface area (TPSA) is 54.4 Å². The fourth-order valence-corrected chi connectivity index (χ4v) is 1.17. The van der Waals surface area contributed by atoms with Crippen molar-refractivity contribution in [2.45, 2.75) is 6.42 Å². The van der Waals surface area contributed by atoms with Gasteiger partial charge in [0.2, 0.25) is 5.24 Å². The molecule has 0 unspecified atom stereocenters. The number of rotatable bonds is 5. The Kier molecular flexibility index (Phi) is 5.43. The molecule has 0 aliphatic carbocycles. The van der Waals surface area contributed by atoms with Crippen molar-refractivity contribution in [2.75, 3.05) is 11.5 Å². The van der Waals surface area contributed by atoms with Gasteiger partial charge in [-0.15, -0.1) is 0 Å². The first-order valence-corrected chi connectivity index (χ1v) is 4.14. The lowest BCUT2D eigenvalue weighted by atomic mass is 10.5. The normalized spacial score (nSPS) is 9.30. The Balaban J connectivity index is 3.06. The molecule has 10 heavy (non-hydrogen) atoms. The van der Waals surface area contributed by atoms with E-state index in [9.17, 15) is 9.59 Å². The zero-order valence-corrected chi connectivity index (χ0v) is 6.74. The third kappa shape index (κ3) is 7.78. The van der Waals surface area contributed by atoms with Crippen LogP contribution in [0.15, 0.2) is 0 Å². The molecule has 58 valence electrons. The summed E-state index contributed by atoms with van der Waals surface area (Å²) in [6.45, 7) is 0. The van der Waals surface area contributed by atoms with E-state index in [0.29, 0.717) is 5.75 Å². The summed E-state index contributed by atoms with van der Waals surface area (Å²) in [7, 11) is 0. The molecule has 0 radical (unpaired) electrons. The van der Waals surface area contributed by atoms with Crippen molar-refractivity contribution in [2.24, 2.45) is 0 Å². The lowest BCUT2D eigenvalue weighted by molar-refractivity contribution is -0.136. The van der Waals surface area contributed by atoms with Gasteiger partial charge >= 0.3 is 5.97 Å². The van der Waals surface area contributed by atoms with Crippen LogP contribution in [0.5, 0.6) is 0 Å². The smallest absolute Gasteiger partial charge is 0.304 e. The summed E-state index contributed by atoms with van der Waals surface area (Å²) < 4.78 is 0. The summed E-state index contributed by atoms with van der Waals surface area (Å²) in [4.78, 5) is 20.0. The van der Waals surface area contributed by atoms with Gasteiger partial charge in [-0.2, -0.15) is 11.8 Å². The number of carboxylic acid groups (broad SMARTS) is 1. The van der Waals surface area contributed by atoms with Gasteiger partial charge in [0.1, 0.15) is 0 Å². The summed E-state index contributed by atoms with van der Waals surface area (Å²) in [5.74, 6) is -0.225. The van der Waals surface area contributed by atoms with Crippen molar-refractivity contribution < 1.29 is 14.7 Å². The minimum atomic E-state index is -0.852. The summed E-state index contributed by atoms with van der Waals surface area (Å²) in [5.41, 5.74) is 0. The van der Waals surface area contributed by atoms with Crippen LogP contribution in [-0.2, 0) is 9.59 Å². The second-order valence-corrected chi connectivity index (χ2v) is 3.08. The van der Waals surface area contributed by atoms with Crippen LogP contribution in [0.2, 0.25) is 0 Å². The van der Waals surface area contributed by atoms with Crippen LogP contribution >= 0.6 is 23.4 Å². The van der Waals surface area contributed by atoms with Crippen LogP contribution in [0.3, 0.4) is 0 Å². The molecule has 5 heteroatoms. The number of carboxylic acids is 1. The van der Waals surface area contributed by atoms with Gasteiger partial charge in [-0.25, -0.2) is 0 Å². The standard InChI is InChI=1S/C5H7ClO3S/c6-4(7)3-10-2-1-5(8)9/h1-3H2,(H,8,9). The zero-order valence-electron chi connectivity index (χ0n) is 5.17. The number of carbonyl (C=O) groups excluding carboxylic acids is 1. The van der Waals surface area contributed by atoms with Gasteiger partial charge in [0.25, 0.3) is 0 Å². The van der Waals surface area contributed by atoms with Crippen molar-refractivity contribution in [3.05, 3.63) is 0 Å². The Morgan fingerprint density at radius 1 is 1.50 bits per heavy atom. The highest BCUT2D eigenvalue weighted by Crippen LogP contribution is 2.03. The number of carbonyl (C=O) groups is 2. The SMILES string of the molecule is O=C(O)CCSCC(=O)Cl. The number of hydrogen-bond donors (Lipinski definition) is 1. The van der Waals surface area contributed by atoms with Gasteiger partial charge in [-0.05, 0) is 11.6 Å². The van der Waals surface area contributed by atoms with Crippen LogP contribution < -0.4 is 0 Å². The van der Waals surface area contributed by atoms with E-state index in [-0.39, 0.29) is 12.2 Å². The van der Waals surface area contributed by atoms with Crippen LogP contribution in [0.1, 0.15) is 6.42 Å². The molecular weight excluding hydrogens is 176 g/mol. The van der Waals surface area contributed by atoms with E-state index in [2.05, 4.69) is 0 Å². The highest BCUT2D eigenvalue weighted by atomic mass is 35.5. The van der Waals surface area contributed by atoms with Crippen LogP contribution in [0.4, 0.5) is 0 Å². The van der Waals surface area contributed by atoms with Crippen molar-refractivity contribution in [3.63, 3.8) is 0 Å². The van der Waals surface area contributed by atoms with Gasteiger partial charge in [0.15, 0.2) is 0 Å². The molecule has 1 N–H and O–H groups in total. The predicted octanol–water partition coefficient (Wildman–Crippen LogP) is 0.960. The largest absolute Gasteiger partial charge is 0.481 e. The second kappa shape index (κ2) is 5.56. The lowest BCUT2D eigenvalue weighted by Crippen LogP contribution is -1.98. The number of aliphatic carboxylic acids is 1. The first-order valence-electron chi connectivity index (χ1n) is 2.61. The molecule has 0 aromatic rings. The molecule has 0 aliphatic heterocycles. The minimum Gasteiger partial charge on any atom is -0.481 e. The maximum atomic E-state index is 10.1. The van der Waals surface area contributed by atoms with E-state index in [0.717, 1.165) is 0 Å². The van der Waals surface area contributed by atoms with Crippen molar-refractivity contribution in [1.29, 1.82) is 0 Å². The number of hydrogen-bond acceptors (Lipinski definition) is 3. The van der Waals surface area contributed by atoms with Gasteiger partial charge < -0.3 is 5.11 Å². The molecule has 0 atom stereocenters. The van der Waals surface area contributed by atoms with E-state index >= 15 is 0 Å².